The summed E-state index contributed by atoms with van der Waals surface area (Å²) in [4.78, 5) is 0. The van der Waals surface area contributed by atoms with Crippen molar-refractivity contribution in [3.63, 3.8) is 0 Å². The standard InChI is InChI=1S/C8H10FN.C2H6/c9-8(6-10)7-4-2-1-3-5-7;1-2/h1-5,8H,6,10H2;1-2H3. The van der Waals surface area contributed by atoms with Crippen molar-refractivity contribution < 1.29 is 4.39 Å². The summed E-state index contributed by atoms with van der Waals surface area (Å²) in [5.41, 5.74) is 5.79. The average molecular weight is 169 g/mol. The topological polar surface area (TPSA) is 26.0 Å². The summed E-state index contributed by atoms with van der Waals surface area (Å²) in [6, 6.07) is 8.93. The van der Waals surface area contributed by atoms with Gasteiger partial charge in [0.1, 0.15) is 6.17 Å². The molecule has 2 N–H and O–H groups in total. The lowest BCUT2D eigenvalue weighted by Crippen LogP contribution is -2.07. The van der Waals surface area contributed by atoms with E-state index in [-0.39, 0.29) is 6.54 Å². The van der Waals surface area contributed by atoms with Gasteiger partial charge in [-0.25, -0.2) is 4.39 Å². The Morgan fingerprint density at radius 1 is 1.25 bits per heavy atom. The second kappa shape index (κ2) is 6.80. The van der Waals surface area contributed by atoms with Crippen molar-refractivity contribution in [1.82, 2.24) is 0 Å². The van der Waals surface area contributed by atoms with Gasteiger partial charge < -0.3 is 5.73 Å². The molecule has 0 aliphatic heterocycles. The SMILES string of the molecule is CC.NCC(F)c1ccccc1. The van der Waals surface area contributed by atoms with Gasteiger partial charge in [-0.05, 0) is 5.56 Å². The van der Waals surface area contributed by atoms with Gasteiger partial charge in [-0.3, -0.25) is 0 Å². The average Bonchev–Trinajstić information content (AvgIpc) is 2.21. The van der Waals surface area contributed by atoms with E-state index in [2.05, 4.69) is 0 Å². The van der Waals surface area contributed by atoms with Crippen LogP contribution < -0.4 is 5.73 Å². The number of hydrogen-bond acceptors (Lipinski definition) is 1. The van der Waals surface area contributed by atoms with Gasteiger partial charge in [-0.1, -0.05) is 44.2 Å². The Balaban J connectivity index is 0.000000561. The zero-order valence-corrected chi connectivity index (χ0v) is 7.63. The second-order valence-electron chi connectivity index (χ2n) is 2.11. The van der Waals surface area contributed by atoms with Crippen molar-refractivity contribution >= 4 is 0 Å². The first-order valence-corrected chi connectivity index (χ1v) is 4.23. The van der Waals surface area contributed by atoms with Crippen LogP contribution in [0.15, 0.2) is 30.3 Å². The molecule has 0 aliphatic carbocycles. The predicted molar refractivity (Wildman–Crippen MR) is 50.7 cm³/mol. The van der Waals surface area contributed by atoms with Crippen molar-refractivity contribution in [2.75, 3.05) is 6.54 Å². The minimum absolute atomic E-state index is 0.0595. The van der Waals surface area contributed by atoms with Gasteiger partial charge in [0, 0.05) is 6.54 Å². The fraction of sp³-hybridized carbons (Fsp3) is 0.400. The summed E-state index contributed by atoms with van der Waals surface area (Å²) in [5, 5.41) is 0. The number of halogens is 1. The molecule has 68 valence electrons. The number of rotatable bonds is 2. The van der Waals surface area contributed by atoms with Crippen LogP contribution in [0.25, 0.3) is 0 Å². The molecule has 1 unspecified atom stereocenters. The molecule has 0 amide bonds. The highest BCUT2D eigenvalue weighted by atomic mass is 19.1. The molecular weight excluding hydrogens is 153 g/mol. The normalized spacial score (nSPS) is 11.3. The predicted octanol–water partition coefficient (Wildman–Crippen LogP) is 2.68. The zero-order valence-electron chi connectivity index (χ0n) is 7.63. The lowest BCUT2D eigenvalue weighted by Gasteiger charge is -2.02. The Morgan fingerprint density at radius 3 is 2.17 bits per heavy atom. The van der Waals surface area contributed by atoms with Crippen LogP contribution in [0.1, 0.15) is 25.6 Å². The summed E-state index contributed by atoms with van der Waals surface area (Å²) in [6.07, 6.45) is -1.01. The van der Waals surface area contributed by atoms with Gasteiger partial charge >= 0.3 is 0 Å². The van der Waals surface area contributed by atoms with E-state index in [1.54, 1.807) is 24.3 Å². The molecule has 1 rings (SSSR count). The van der Waals surface area contributed by atoms with Gasteiger partial charge in [0.2, 0.25) is 0 Å². The number of hydrogen-bond donors (Lipinski definition) is 1. The third kappa shape index (κ3) is 3.49. The highest BCUT2D eigenvalue weighted by Crippen LogP contribution is 2.13. The van der Waals surface area contributed by atoms with Gasteiger partial charge in [-0.2, -0.15) is 0 Å². The fourth-order valence-electron chi connectivity index (χ4n) is 0.798. The number of alkyl halides is 1. The maximum Gasteiger partial charge on any atom is 0.137 e. The Kier molecular flexibility index (Phi) is 6.29. The maximum absolute atomic E-state index is 12.7. The summed E-state index contributed by atoms with van der Waals surface area (Å²) in [7, 11) is 0. The first-order valence-electron chi connectivity index (χ1n) is 4.23. The van der Waals surface area contributed by atoms with Crippen LogP contribution in [0.5, 0.6) is 0 Å². The summed E-state index contributed by atoms with van der Waals surface area (Å²) < 4.78 is 12.7. The van der Waals surface area contributed by atoms with Crippen LogP contribution in [0.3, 0.4) is 0 Å². The smallest absolute Gasteiger partial charge is 0.137 e. The molecule has 1 nitrogen and oxygen atoms in total. The molecule has 2 heteroatoms. The molecule has 1 atom stereocenters. The third-order valence-corrected chi connectivity index (χ3v) is 1.37. The van der Waals surface area contributed by atoms with Crippen LogP contribution in [0.4, 0.5) is 4.39 Å². The van der Waals surface area contributed by atoms with Crippen LogP contribution in [-0.2, 0) is 0 Å². The molecule has 0 spiro atoms. The van der Waals surface area contributed by atoms with Crippen molar-refractivity contribution in [3.05, 3.63) is 35.9 Å². The molecular formula is C10H16FN. The van der Waals surface area contributed by atoms with E-state index in [0.717, 1.165) is 0 Å². The molecule has 1 aromatic carbocycles. The van der Waals surface area contributed by atoms with E-state index >= 15 is 0 Å². The van der Waals surface area contributed by atoms with Gasteiger partial charge in [0.15, 0.2) is 0 Å². The molecule has 0 aliphatic rings. The van der Waals surface area contributed by atoms with Crippen molar-refractivity contribution in [3.8, 4) is 0 Å². The largest absolute Gasteiger partial charge is 0.327 e. The molecule has 0 radical (unpaired) electrons. The van der Waals surface area contributed by atoms with Crippen molar-refractivity contribution in [2.45, 2.75) is 20.0 Å². The maximum atomic E-state index is 12.7. The molecule has 0 aromatic heterocycles. The lowest BCUT2D eigenvalue weighted by molar-refractivity contribution is 0.353. The summed E-state index contributed by atoms with van der Waals surface area (Å²) >= 11 is 0. The number of benzene rings is 1. The van der Waals surface area contributed by atoms with E-state index < -0.39 is 6.17 Å². The van der Waals surface area contributed by atoms with Crippen molar-refractivity contribution in [1.29, 1.82) is 0 Å². The Hall–Kier alpha value is -0.890. The molecule has 1 aromatic rings. The third-order valence-electron chi connectivity index (χ3n) is 1.37. The quantitative estimate of drug-likeness (QED) is 0.723. The van der Waals surface area contributed by atoms with Crippen LogP contribution in [0.2, 0.25) is 0 Å². The van der Waals surface area contributed by atoms with E-state index in [1.165, 1.54) is 0 Å². The first kappa shape index (κ1) is 11.1. The zero-order chi connectivity index (χ0) is 9.40. The molecule has 0 heterocycles. The monoisotopic (exact) mass is 169 g/mol. The van der Waals surface area contributed by atoms with Crippen LogP contribution >= 0.6 is 0 Å². The number of nitrogens with two attached hydrogens (primary N) is 1. The minimum atomic E-state index is -1.01. The highest BCUT2D eigenvalue weighted by molar-refractivity contribution is 5.17. The summed E-state index contributed by atoms with van der Waals surface area (Å²) in [5.74, 6) is 0. The second-order valence-corrected chi connectivity index (χ2v) is 2.11. The Bertz CT molecular complexity index is 186. The first-order chi connectivity index (χ1) is 5.84. The van der Waals surface area contributed by atoms with E-state index in [4.69, 9.17) is 5.73 Å². The Labute approximate surface area is 73.4 Å². The molecule has 0 saturated carbocycles. The molecule has 0 fully saturated rings. The molecule has 0 saturated heterocycles. The lowest BCUT2D eigenvalue weighted by atomic mass is 10.1. The van der Waals surface area contributed by atoms with Crippen molar-refractivity contribution in [2.24, 2.45) is 5.73 Å². The molecule has 12 heavy (non-hydrogen) atoms. The summed E-state index contributed by atoms with van der Waals surface area (Å²) in [6.45, 7) is 4.06. The van der Waals surface area contributed by atoms with Crippen LogP contribution in [-0.4, -0.2) is 6.54 Å². The van der Waals surface area contributed by atoms with Crippen LogP contribution in [0, 0.1) is 0 Å². The van der Waals surface area contributed by atoms with E-state index in [9.17, 15) is 4.39 Å². The van der Waals surface area contributed by atoms with E-state index in [0.29, 0.717) is 5.56 Å². The minimum Gasteiger partial charge on any atom is -0.327 e. The fourth-order valence-corrected chi connectivity index (χ4v) is 0.798. The van der Waals surface area contributed by atoms with Gasteiger partial charge in [0.25, 0.3) is 0 Å². The van der Waals surface area contributed by atoms with Gasteiger partial charge in [0.05, 0.1) is 0 Å². The molecule has 0 bridgehead atoms. The van der Waals surface area contributed by atoms with E-state index in [1.807, 2.05) is 19.9 Å². The van der Waals surface area contributed by atoms with Gasteiger partial charge in [-0.15, -0.1) is 0 Å². The Morgan fingerprint density at radius 2 is 1.75 bits per heavy atom. The highest BCUT2D eigenvalue weighted by Gasteiger charge is 2.03.